The third-order valence-electron chi connectivity index (χ3n) is 7.04. The van der Waals surface area contributed by atoms with Crippen molar-refractivity contribution < 1.29 is 46.2 Å². The van der Waals surface area contributed by atoms with Crippen LogP contribution >= 0.6 is 23.4 Å². The van der Waals surface area contributed by atoms with Gasteiger partial charge < -0.3 is 25.4 Å². The fourth-order valence-electron chi connectivity index (χ4n) is 4.69. The summed E-state index contributed by atoms with van der Waals surface area (Å²) in [4.78, 5) is 41.3. The Kier molecular flexibility index (Phi) is 11.2. The van der Waals surface area contributed by atoms with Crippen molar-refractivity contribution in [3.05, 3.63) is 58.1 Å². The number of morpholine rings is 1. The van der Waals surface area contributed by atoms with E-state index in [9.17, 15) is 37.1 Å². The first-order valence-electron chi connectivity index (χ1n) is 13.5. The molecule has 240 valence electrons. The van der Waals surface area contributed by atoms with Gasteiger partial charge in [-0.05, 0) is 36.0 Å². The Morgan fingerprint density at radius 1 is 1.05 bits per heavy atom. The number of rotatable bonds is 8. The normalized spacial score (nSPS) is 17.8. The van der Waals surface area contributed by atoms with Crippen LogP contribution in [-0.4, -0.2) is 96.2 Å². The van der Waals surface area contributed by atoms with Gasteiger partial charge >= 0.3 is 12.3 Å². The minimum Gasteiger partial charge on any atom is -0.465 e. The third-order valence-corrected chi connectivity index (χ3v) is 8.29. The van der Waals surface area contributed by atoms with Crippen LogP contribution in [0.5, 0.6) is 0 Å². The standard InChI is InChI=1S/C27H29ClF5N5O5S/c28-17-2-4-19(20(13-17)37-9-7-36(8-10-37)6-5-27(31,32)33)35-24(39)18-3-1-16(22(29)23(18)30)14-34-25(40)44-21-15-43-12-11-38(21)26(41)42/h1-4,13,21H,5-12,14-15H2,(H,34,40)(H,35,39)(H,41,42). The molecule has 0 spiro atoms. The molecule has 2 aliphatic heterocycles. The number of nitrogens with one attached hydrogen (secondary N) is 2. The summed E-state index contributed by atoms with van der Waals surface area (Å²) in [6, 6.07) is 6.77. The van der Waals surface area contributed by atoms with Crippen molar-refractivity contribution in [1.29, 1.82) is 0 Å². The molecule has 2 aliphatic rings. The van der Waals surface area contributed by atoms with Gasteiger partial charge in [0.25, 0.3) is 11.1 Å². The molecule has 2 aromatic carbocycles. The Hall–Kier alpha value is -3.34. The molecule has 2 heterocycles. The molecular formula is C27H29ClF5N5O5S. The maximum absolute atomic E-state index is 15.0. The number of alkyl halides is 3. The van der Waals surface area contributed by atoms with Crippen molar-refractivity contribution >= 4 is 52.0 Å². The summed E-state index contributed by atoms with van der Waals surface area (Å²) in [7, 11) is 0. The number of benzene rings is 2. The highest BCUT2D eigenvalue weighted by Crippen LogP contribution is 2.31. The van der Waals surface area contributed by atoms with Crippen LogP contribution in [0, 0.1) is 11.6 Å². The average Bonchev–Trinajstić information content (AvgIpc) is 2.97. The van der Waals surface area contributed by atoms with E-state index in [2.05, 4.69) is 10.6 Å². The molecule has 0 aromatic heterocycles. The molecule has 2 saturated heterocycles. The first-order valence-corrected chi connectivity index (χ1v) is 14.7. The van der Waals surface area contributed by atoms with Crippen LogP contribution in [-0.2, 0) is 11.3 Å². The van der Waals surface area contributed by atoms with Gasteiger partial charge in [-0.1, -0.05) is 17.7 Å². The summed E-state index contributed by atoms with van der Waals surface area (Å²) in [5, 5.41) is 13.1. The monoisotopic (exact) mass is 665 g/mol. The minimum atomic E-state index is -4.25. The lowest BCUT2D eigenvalue weighted by Gasteiger charge is -2.37. The lowest BCUT2D eigenvalue weighted by Crippen LogP contribution is -2.47. The van der Waals surface area contributed by atoms with Gasteiger partial charge in [0.15, 0.2) is 11.6 Å². The molecule has 1 unspecified atom stereocenters. The average molecular weight is 666 g/mol. The number of carboxylic acid groups (broad SMARTS) is 1. The van der Waals surface area contributed by atoms with E-state index in [0.717, 1.165) is 17.0 Å². The number of hydrogen-bond acceptors (Lipinski definition) is 7. The first-order chi connectivity index (χ1) is 20.8. The van der Waals surface area contributed by atoms with Gasteiger partial charge in [-0.2, -0.15) is 13.2 Å². The van der Waals surface area contributed by atoms with Crippen molar-refractivity contribution in [1.82, 2.24) is 15.1 Å². The van der Waals surface area contributed by atoms with E-state index in [4.69, 9.17) is 16.3 Å². The highest BCUT2D eigenvalue weighted by molar-refractivity contribution is 8.14. The zero-order valence-electron chi connectivity index (χ0n) is 23.1. The van der Waals surface area contributed by atoms with Crippen molar-refractivity contribution in [2.75, 3.05) is 62.7 Å². The molecule has 0 aliphatic carbocycles. The molecular weight excluding hydrogens is 637 g/mol. The third kappa shape index (κ3) is 8.86. The van der Waals surface area contributed by atoms with E-state index in [1.807, 2.05) is 4.90 Å². The molecule has 44 heavy (non-hydrogen) atoms. The molecule has 3 amide bonds. The van der Waals surface area contributed by atoms with E-state index in [-0.39, 0.29) is 37.6 Å². The number of ether oxygens (including phenoxy) is 1. The van der Waals surface area contributed by atoms with Crippen LogP contribution < -0.4 is 15.5 Å². The van der Waals surface area contributed by atoms with E-state index < -0.39 is 59.0 Å². The van der Waals surface area contributed by atoms with Gasteiger partial charge in [-0.3, -0.25) is 19.4 Å². The van der Waals surface area contributed by atoms with Gasteiger partial charge in [-0.15, -0.1) is 0 Å². The van der Waals surface area contributed by atoms with Crippen molar-refractivity contribution in [3.63, 3.8) is 0 Å². The number of nitrogens with zero attached hydrogens (tertiary/aromatic N) is 3. The number of anilines is 2. The SMILES string of the molecule is O=C(NCc1ccc(C(=O)Nc2ccc(Cl)cc2N2CCN(CCC(F)(F)F)CC2)c(F)c1F)SC1COCCN1C(=O)O. The molecule has 2 fully saturated rings. The van der Waals surface area contributed by atoms with Crippen LogP contribution in [0.1, 0.15) is 22.3 Å². The summed E-state index contributed by atoms with van der Waals surface area (Å²) in [5.74, 6) is -3.73. The van der Waals surface area contributed by atoms with E-state index in [0.29, 0.717) is 48.7 Å². The van der Waals surface area contributed by atoms with Crippen molar-refractivity contribution in [3.8, 4) is 0 Å². The lowest BCUT2D eigenvalue weighted by atomic mass is 10.1. The second-order valence-corrected chi connectivity index (χ2v) is 11.6. The van der Waals surface area contributed by atoms with Crippen LogP contribution in [0.3, 0.4) is 0 Å². The largest absolute Gasteiger partial charge is 0.465 e. The number of halogens is 6. The smallest absolute Gasteiger partial charge is 0.408 e. The minimum absolute atomic E-state index is 0.00924. The second kappa shape index (κ2) is 14.6. The summed E-state index contributed by atoms with van der Waals surface area (Å²) in [5.41, 5.74) is -0.109. The summed E-state index contributed by atoms with van der Waals surface area (Å²) < 4.78 is 72.9. The van der Waals surface area contributed by atoms with E-state index in [1.165, 1.54) is 12.1 Å². The Bertz CT molecular complexity index is 1380. The van der Waals surface area contributed by atoms with Crippen molar-refractivity contribution in [2.24, 2.45) is 0 Å². The number of piperazine rings is 1. The zero-order valence-corrected chi connectivity index (χ0v) is 24.7. The molecule has 0 radical (unpaired) electrons. The van der Waals surface area contributed by atoms with E-state index in [1.54, 1.807) is 11.0 Å². The Morgan fingerprint density at radius 3 is 2.45 bits per heavy atom. The van der Waals surface area contributed by atoms with Crippen LogP contribution in [0.4, 0.5) is 42.9 Å². The topological polar surface area (TPSA) is 114 Å². The van der Waals surface area contributed by atoms with Crippen LogP contribution in [0.25, 0.3) is 0 Å². The van der Waals surface area contributed by atoms with E-state index >= 15 is 4.39 Å². The summed E-state index contributed by atoms with van der Waals surface area (Å²) in [6.07, 6.45) is -6.38. The summed E-state index contributed by atoms with van der Waals surface area (Å²) >= 11 is 6.80. The fraction of sp³-hybridized carbons (Fsp3) is 0.444. The van der Waals surface area contributed by atoms with Gasteiger partial charge in [0.2, 0.25) is 0 Å². The number of carbonyl (C=O) groups is 3. The maximum atomic E-state index is 15.0. The predicted molar refractivity (Wildman–Crippen MR) is 154 cm³/mol. The number of amides is 3. The van der Waals surface area contributed by atoms with Gasteiger partial charge in [0.1, 0.15) is 5.37 Å². The molecule has 1 atom stereocenters. The predicted octanol–water partition coefficient (Wildman–Crippen LogP) is 5.22. The molecule has 10 nitrogen and oxygen atoms in total. The maximum Gasteiger partial charge on any atom is 0.408 e. The zero-order chi connectivity index (χ0) is 32.0. The fourth-order valence-corrected chi connectivity index (χ4v) is 5.75. The quantitative estimate of drug-likeness (QED) is 0.329. The second-order valence-electron chi connectivity index (χ2n) is 9.97. The molecule has 4 rings (SSSR count). The molecule has 0 saturated carbocycles. The highest BCUT2D eigenvalue weighted by atomic mass is 35.5. The molecule has 0 bridgehead atoms. The van der Waals surface area contributed by atoms with Crippen LogP contribution in [0.15, 0.2) is 30.3 Å². The number of thioether (sulfide) groups is 1. The first kappa shape index (κ1) is 33.6. The van der Waals surface area contributed by atoms with Gasteiger partial charge in [0, 0.05) is 56.4 Å². The summed E-state index contributed by atoms with van der Waals surface area (Å²) in [6.45, 7) is 1.12. The number of carbonyl (C=O) groups excluding carboxylic acids is 2. The Balaban J connectivity index is 1.38. The molecule has 2 aromatic rings. The van der Waals surface area contributed by atoms with Crippen molar-refractivity contribution in [2.45, 2.75) is 24.5 Å². The Morgan fingerprint density at radius 2 is 1.77 bits per heavy atom. The van der Waals surface area contributed by atoms with Crippen LogP contribution in [0.2, 0.25) is 5.02 Å². The highest BCUT2D eigenvalue weighted by Gasteiger charge is 2.31. The van der Waals surface area contributed by atoms with Gasteiger partial charge in [0.05, 0.1) is 36.6 Å². The molecule has 17 heteroatoms. The number of hydrogen-bond donors (Lipinski definition) is 3. The Labute approximate surface area is 258 Å². The molecule has 3 N–H and O–H groups in total. The lowest BCUT2D eigenvalue weighted by molar-refractivity contribution is -0.138. The van der Waals surface area contributed by atoms with Gasteiger partial charge in [-0.25, -0.2) is 13.6 Å².